The van der Waals surface area contributed by atoms with Gasteiger partial charge in [0.25, 0.3) is 0 Å². The van der Waals surface area contributed by atoms with Crippen molar-refractivity contribution in [2.75, 3.05) is 22.6 Å². The number of hydrogen-bond acceptors (Lipinski definition) is 7. The highest BCUT2D eigenvalue weighted by Gasteiger charge is 2.33. The number of carbonyl (C=O) groups is 1. The molecule has 3 aromatic heterocycles. The number of aromatic amines is 1. The van der Waals surface area contributed by atoms with Gasteiger partial charge in [0.2, 0.25) is 0 Å². The lowest BCUT2D eigenvalue weighted by molar-refractivity contribution is -0.137. The van der Waals surface area contributed by atoms with Crippen LogP contribution in [-0.2, 0) is 19.0 Å². The molecule has 10 nitrogen and oxygen atoms in total. The van der Waals surface area contributed by atoms with Gasteiger partial charge >= 0.3 is 12.2 Å². The summed E-state index contributed by atoms with van der Waals surface area (Å²) in [5.74, 6) is 1.83. The monoisotopic (exact) mass is 546 g/mol. The number of H-pyrrole nitrogens is 1. The standard InChI is InChI=1S/C24H22ClF3N8O2/c1-13-8-20(33-22-11-16(6-7-37)35-36-22)32-21(30-13)9-14-2-5-19(29-12-14)34-23(38)31-15-3-4-18(25)17(10-15)24(26,27)28/h2-5,8,10-12,37H,6-7,9H2,1H3,(H2,29,31,34,38)(H2,30,32,33,35,36). The summed E-state index contributed by atoms with van der Waals surface area (Å²) in [7, 11) is 0. The maximum absolute atomic E-state index is 13.0. The molecule has 0 saturated carbocycles. The van der Waals surface area contributed by atoms with E-state index in [-0.39, 0.29) is 18.1 Å². The van der Waals surface area contributed by atoms with Gasteiger partial charge in [0.1, 0.15) is 17.5 Å². The summed E-state index contributed by atoms with van der Waals surface area (Å²) < 4.78 is 39.1. The number of carbonyl (C=O) groups excluding carboxylic acids is 1. The van der Waals surface area contributed by atoms with Crippen molar-refractivity contribution in [3.05, 3.63) is 82.0 Å². The molecule has 14 heteroatoms. The molecule has 0 aliphatic rings. The molecule has 1 aromatic carbocycles. The molecule has 198 valence electrons. The van der Waals surface area contributed by atoms with Gasteiger partial charge < -0.3 is 15.7 Å². The van der Waals surface area contributed by atoms with Gasteiger partial charge in [-0.25, -0.2) is 19.7 Å². The maximum Gasteiger partial charge on any atom is 0.417 e. The molecule has 2 amide bonds. The highest BCUT2D eigenvalue weighted by atomic mass is 35.5. The molecule has 0 radical (unpaired) electrons. The van der Waals surface area contributed by atoms with E-state index in [1.165, 1.54) is 12.3 Å². The largest absolute Gasteiger partial charge is 0.417 e. The number of nitrogens with zero attached hydrogens (tertiary/aromatic N) is 4. The number of nitrogens with one attached hydrogen (secondary N) is 4. The number of hydrogen-bond donors (Lipinski definition) is 5. The smallest absolute Gasteiger partial charge is 0.396 e. The minimum atomic E-state index is -4.65. The van der Waals surface area contributed by atoms with E-state index in [1.54, 1.807) is 24.3 Å². The third-order valence-electron chi connectivity index (χ3n) is 5.13. The number of aryl methyl sites for hydroxylation is 1. The zero-order valence-electron chi connectivity index (χ0n) is 19.9. The van der Waals surface area contributed by atoms with Gasteiger partial charge in [0.15, 0.2) is 5.82 Å². The van der Waals surface area contributed by atoms with Crippen LogP contribution in [0.15, 0.2) is 48.7 Å². The summed E-state index contributed by atoms with van der Waals surface area (Å²) >= 11 is 5.60. The summed E-state index contributed by atoms with van der Waals surface area (Å²) in [6.07, 6.45) is -2.30. The Bertz CT molecular complexity index is 1430. The molecule has 0 aliphatic carbocycles. The Hall–Kier alpha value is -4.23. The van der Waals surface area contributed by atoms with Gasteiger partial charge in [-0.3, -0.25) is 10.4 Å². The maximum atomic E-state index is 13.0. The van der Waals surface area contributed by atoms with Gasteiger partial charge in [-0.2, -0.15) is 18.3 Å². The van der Waals surface area contributed by atoms with Gasteiger partial charge in [-0.1, -0.05) is 17.7 Å². The fourth-order valence-corrected chi connectivity index (χ4v) is 3.69. The van der Waals surface area contributed by atoms with Crippen LogP contribution < -0.4 is 16.0 Å². The van der Waals surface area contributed by atoms with Gasteiger partial charge in [-0.15, -0.1) is 0 Å². The lowest BCUT2D eigenvalue weighted by Crippen LogP contribution is -2.20. The SMILES string of the molecule is Cc1cc(Nc2cc(CCO)[nH]n2)nc(Cc2ccc(NC(=O)Nc3ccc(Cl)c(C(F)(F)F)c3)nc2)n1. The molecule has 0 bridgehead atoms. The number of alkyl halides is 3. The van der Waals surface area contributed by atoms with Gasteiger partial charge in [0, 0.05) is 54.9 Å². The molecule has 38 heavy (non-hydrogen) atoms. The number of urea groups is 1. The Morgan fingerprint density at radius 1 is 1.05 bits per heavy atom. The average molecular weight is 547 g/mol. The van der Waals surface area contributed by atoms with Crippen molar-refractivity contribution in [3.63, 3.8) is 0 Å². The van der Waals surface area contributed by atoms with Crippen molar-refractivity contribution in [1.29, 1.82) is 0 Å². The Morgan fingerprint density at radius 2 is 1.87 bits per heavy atom. The molecule has 0 spiro atoms. The molecular formula is C24H22ClF3N8O2. The first-order valence-corrected chi connectivity index (χ1v) is 11.6. The average Bonchev–Trinajstić information content (AvgIpc) is 3.27. The summed E-state index contributed by atoms with van der Waals surface area (Å²) in [4.78, 5) is 25.4. The van der Waals surface area contributed by atoms with Crippen LogP contribution in [0.2, 0.25) is 5.02 Å². The van der Waals surface area contributed by atoms with Gasteiger partial charge in [-0.05, 0) is 36.8 Å². The lowest BCUT2D eigenvalue weighted by atomic mass is 10.2. The first-order valence-electron chi connectivity index (χ1n) is 11.3. The van der Waals surface area contributed by atoms with Crippen molar-refractivity contribution in [2.24, 2.45) is 0 Å². The third kappa shape index (κ3) is 7.17. The van der Waals surface area contributed by atoms with Crippen molar-refractivity contribution in [1.82, 2.24) is 25.1 Å². The van der Waals surface area contributed by atoms with E-state index in [9.17, 15) is 18.0 Å². The molecule has 0 unspecified atom stereocenters. The van der Waals surface area contributed by atoms with Crippen LogP contribution in [0, 0.1) is 6.92 Å². The van der Waals surface area contributed by atoms with Crippen LogP contribution in [0.25, 0.3) is 0 Å². The highest BCUT2D eigenvalue weighted by molar-refractivity contribution is 6.31. The molecule has 3 heterocycles. The van der Waals surface area contributed by atoms with E-state index >= 15 is 0 Å². The molecule has 0 fully saturated rings. The number of halogens is 4. The number of rotatable bonds is 8. The minimum Gasteiger partial charge on any atom is -0.396 e. The van der Waals surface area contributed by atoms with E-state index in [2.05, 4.69) is 41.1 Å². The van der Waals surface area contributed by atoms with E-state index < -0.39 is 22.8 Å². The van der Waals surface area contributed by atoms with E-state index in [0.29, 0.717) is 30.3 Å². The Balaban J connectivity index is 1.37. The van der Waals surface area contributed by atoms with Crippen molar-refractivity contribution >= 4 is 40.8 Å². The number of anilines is 4. The number of pyridine rings is 1. The summed E-state index contributed by atoms with van der Waals surface area (Å²) in [5, 5.41) is 23.4. The number of amides is 2. The molecule has 0 atom stereocenters. The summed E-state index contributed by atoms with van der Waals surface area (Å²) in [6, 6.07) is 9.14. The minimum absolute atomic E-state index is 0.0105. The molecule has 4 aromatic rings. The molecular weight excluding hydrogens is 525 g/mol. The van der Waals surface area contributed by atoms with Crippen molar-refractivity contribution < 1.29 is 23.1 Å². The predicted molar refractivity (Wildman–Crippen MR) is 136 cm³/mol. The molecule has 0 saturated heterocycles. The molecule has 5 N–H and O–H groups in total. The Labute approximate surface area is 219 Å². The first-order chi connectivity index (χ1) is 18.1. The van der Waals surface area contributed by atoms with Crippen LogP contribution in [0.4, 0.5) is 41.1 Å². The third-order valence-corrected chi connectivity index (χ3v) is 5.46. The van der Waals surface area contributed by atoms with Crippen LogP contribution in [0.1, 0.15) is 28.3 Å². The van der Waals surface area contributed by atoms with E-state index in [0.717, 1.165) is 29.1 Å². The fraction of sp³-hybridized carbons (Fsp3) is 0.208. The van der Waals surface area contributed by atoms with Crippen LogP contribution in [0.5, 0.6) is 0 Å². The molecule has 4 rings (SSSR count). The highest BCUT2D eigenvalue weighted by Crippen LogP contribution is 2.36. The second kappa shape index (κ2) is 11.4. The fourth-order valence-electron chi connectivity index (χ4n) is 3.46. The first kappa shape index (κ1) is 26.8. The normalized spacial score (nSPS) is 11.3. The zero-order chi connectivity index (χ0) is 27.3. The lowest BCUT2D eigenvalue weighted by Gasteiger charge is -2.12. The topological polar surface area (TPSA) is 141 Å². The quantitative estimate of drug-likeness (QED) is 0.207. The van der Waals surface area contributed by atoms with Gasteiger partial charge in [0.05, 0.1) is 10.6 Å². The number of aromatic nitrogens is 5. The number of aliphatic hydroxyl groups excluding tert-OH is 1. The van der Waals surface area contributed by atoms with Crippen molar-refractivity contribution in [3.8, 4) is 0 Å². The summed E-state index contributed by atoms with van der Waals surface area (Å²) in [5.41, 5.74) is 1.17. The Kier molecular flexibility index (Phi) is 8.08. The van der Waals surface area contributed by atoms with E-state index in [4.69, 9.17) is 16.7 Å². The van der Waals surface area contributed by atoms with E-state index in [1.807, 2.05) is 6.92 Å². The zero-order valence-corrected chi connectivity index (χ0v) is 20.7. The predicted octanol–water partition coefficient (Wildman–Crippen LogP) is 5.09. The van der Waals surface area contributed by atoms with Crippen molar-refractivity contribution in [2.45, 2.75) is 25.9 Å². The second-order valence-electron chi connectivity index (χ2n) is 8.19. The van der Waals surface area contributed by atoms with Crippen LogP contribution >= 0.6 is 11.6 Å². The molecule has 0 aliphatic heterocycles. The second-order valence-corrected chi connectivity index (χ2v) is 8.59. The number of benzene rings is 1. The van der Waals surface area contributed by atoms with Crippen LogP contribution in [0.3, 0.4) is 0 Å². The number of aliphatic hydroxyl groups is 1. The van der Waals surface area contributed by atoms with Crippen LogP contribution in [-0.4, -0.2) is 42.9 Å². The Morgan fingerprint density at radius 3 is 2.58 bits per heavy atom. The summed E-state index contributed by atoms with van der Waals surface area (Å²) in [6.45, 7) is 1.84.